The maximum Gasteiger partial charge on any atom is 0.122 e. The lowest BCUT2D eigenvalue weighted by atomic mass is 10.4. The maximum atomic E-state index is 4.28. The third-order valence-electron chi connectivity index (χ3n) is 1.84. The zero-order valence-corrected chi connectivity index (χ0v) is 7.48. The van der Waals surface area contributed by atoms with Crippen molar-refractivity contribution in [3.05, 3.63) is 22.8 Å². The first-order valence-corrected chi connectivity index (χ1v) is 4.61. The van der Waals surface area contributed by atoms with Gasteiger partial charge in [-0.05, 0) is 13.3 Å². The van der Waals surface area contributed by atoms with Crippen molar-refractivity contribution in [2.24, 2.45) is 0 Å². The van der Waals surface area contributed by atoms with Crippen LogP contribution in [0.2, 0.25) is 0 Å². The summed E-state index contributed by atoms with van der Waals surface area (Å²) in [7, 11) is 0. The largest absolute Gasteiger partial charge is 0.227 e. The Morgan fingerprint density at radius 1 is 1.64 bits per heavy atom. The zero-order valence-electron chi connectivity index (χ0n) is 6.66. The summed E-state index contributed by atoms with van der Waals surface area (Å²) in [5, 5.41) is 6.45. The summed E-state index contributed by atoms with van der Waals surface area (Å²) in [6.45, 7) is 4.25. The van der Waals surface area contributed by atoms with Gasteiger partial charge in [0.2, 0.25) is 0 Å². The Morgan fingerprint density at radius 2 is 2.45 bits per heavy atom. The Hall–Kier alpha value is -0.830. The fourth-order valence-corrected chi connectivity index (χ4v) is 2.19. The van der Waals surface area contributed by atoms with Crippen molar-refractivity contribution in [2.45, 2.75) is 20.3 Å². The zero-order chi connectivity index (χ0) is 7.84. The summed E-state index contributed by atoms with van der Waals surface area (Å²) in [4.78, 5) is 1.28. The minimum Gasteiger partial charge on any atom is -0.227 e. The van der Waals surface area contributed by atoms with Crippen molar-refractivity contribution in [1.29, 1.82) is 0 Å². The summed E-state index contributed by atoms with van der Waals surface area (Å²) in [6.07, 6.45) is 2.98. The van der Waals surface area contributed by atoms with Crippen LogP contribution in [0.3, 0.4) is 0 Å². The van der Waals surface area contributed by atoms with Crippen LogP contribution in [-0.2, 0) is 6.42 Å². The fraction of sp³-hybridized carbons (Fsp3) is 0.375. The monoisotopic (exact) mass is 166 g/mol. The predicted octanol–water partition coefficient (Wildman–Crippen LogP) is 2.27. The molecule has 0 saturated carbocycles. The number of aromatic nitrogens is 2. The molecule has 0 fully saturated rings. The molecule has 0 bridgehead atoms. The van der Waals surface area contributed by atoms with Crippen LogP contribution >= 0.6 is 11.3 Å². The van der Waals surface area contributed by atoms with Gasteiger partial charge in [-0.1, -0.05) is 6.92 Å². The first-order chi connectivity index (χ1) is 5.33. The minimum absolute atomic E-state index is 1.06. The molecule has 2 aromatic heterocycles. The summed E-state index contributed by atoms with van der Waals surface area (Å²) < 4.78 is 2.03. The van der Waals surface area contributed by atoms with E-state index < -0.39 is 0 Å². The van der Waals surface area contributed by atoms with Gasteiger partial charge in [-0.25, -0.2) is 4.52 Å². The highest BCUT2D eigenvalue weighted by Crippen LogP contribution is 2.19. The summed E-state index contributed by atoms with van der Waals surface area (Å²) in [6, 6.07) is 0. The van der Waals surface area contributed by atoms with Gasteiger partial charge in [-0.3, -0.25) is 0 Å². The van der Waals surface area contributed by atoms with Crippen LogP contribution in [0.1, 0.15) is 18.2 Å². The van der Waals surface area contributed by atoms with Gasteiger partial charge in [0.05, 0.1) is 11.9 Å². The first kappa shape index (κ1) is 6.85. The van der Waals surface area contributed by atoms with E-state index in [-0.39, 0.29) is 0 Å². The van der Waals surface area contributed by atoms with Crippen LogP contribution in [0.4, 0.5) is 0 Å². The Bertz CT molecular complexity index is 372. The van der Waals surface area contributed by atoms with E-state index in [4.69, 9.17) is 0 Å². The van der Waals surface area contributed by atoms with E-state index in [1.54, 1.807) is 11.3 Å². The van der Waals surface area contributed by atoms with Crippen molar-refractivity contribution >= 4 is 16.2 Å². The molecular formula is C8H10N2S. The third kappa shape index (κ3) is 0.878. The van der Waals surface area contributed by atoms with Crippen LogP contribution in [0.25, 0.3) is 4.83 Å². The molecule has 0 unspecified atom stereocenters. The molecule has 0 spiro atoms. The third-order valence-corrected chi connectivity index (χ3v) is 2.95. The van der Waals surface area contributed by atoms with Crippen LogP contribution in [0, 0.1) is 6.92 Å². The van der Waals surface area contributed by atoms with Gasteiger partial charge in [-0.15, -0.1) is 11.3 Å². The quantitative estimate of drug-likeness (QED) is 0.635. The number of rotatable bonds is 1. The Morgan fingerprint density at radius 3 is 3.18 bits per heavy atom. The lowest BCUT2D eigenvalue weighted by molar-refractivity contribution is 0.882. The van der Waals surface area contributed by atoms with E-state index in [9.17, 15) is 0 Å². The van der Waals surface area contributed by atoms with E-state index in [1.165, 1.54) is 16.1 Å². The smallest absolute Gasteiger partial charge is 0.122 e. The highest BCUT2D eigenvalue weighted by molar-refractivity contribution is 7.15. The van der Waals surface area contributed by atoms with Crippen molar-refractivity contribution in [3.8, 4) is 0 Å². The molecule has 0 aliphatic rings. The van der Waals surface area contributed by atoms with Crippen molar-refractivity contribution in [3.63, 3.8) is 0 Å². The molecule has 2 heterocycles. The van der Waals surface area contributed by atoms with Gasteiger partial charge in [0, 0.05) is 10.9 Å². The van der Waals surface area contributed by atoms with Crippen LogP contribution in [-0.4, -0.2) is 9.61 Å². The second kappa shape index (κ2) is 2.34. The molecule has 2 rings (SSSR count). The van der Waals surface area contributed by atoms with E-state index in [0.29, 0.717) is 0 Å². The molecule has 2 aromatic rings. The van der Waals surface area contributed by atoms with E-state index in [1.807, 2.05) is 10.7 Å². The second-order valence-electron chi connectivity index (χ2n) is 2.63. The minimum atomic E-state index is 1.06. The average molecular weight is 166 g/mol. The lowest BCUT2D eigenvalue weighted by Gasteiger charge is -1.88. The second-order valence-corrected chi connectivity index (χ2v) is 3.48. The van der Waals surface area contributed by atoms with E-state index in [2.05, 4.69) is 24.3 Å². The average Bonchev–Trinajstić information content (AvgIpc) is 2.53. The molecule has 0 aliphatic carbocycles. The predicted molar refractivity (Wildman–Crippen MR) is 47.2 cm³/mol. The summed E-state index contributed by atoms with van der Waals surface area (Å²) in [5.74, 6) is 0. The topological polar surface area (TPSA) is 17.3 Å². The SMILES string of the molecule is CCc1csc2c(C)cnn12. The molecule has 2 nitrogen and oxygen atoms in total. The van der Waals surface area contributed by atoms with Crippen LogP contribution < -0.4 is 0 Å². The number of hydrogen-bond donors (Lipinski definition) is 0. The number of fused-ring (bicyclic) bond motifs is 1. The van der Waals surface area contributed by atoms with Gasteiger partial charge >= 0.3 is 0 Å². The molecule has 0 radical (unpaired) electrons. The molecule has 0 aliphatic heterocycles. The number of aryl methyl sites for hydroxylation is 2. The van der Waals surface area contributed by atoms with Crippen molar-refractivity contribution in [2.75, 3.05) is 0 Å². The highest BCUT2D eigenvalue weighted by atomic mass is 32.1. The lowest BCUT2D eigenvalue weighted by Crippen LogP contribution is -1.88. The van der Waals surface area contributed by atoms with Gasteiger partial charge in [0.15, 0.2) is 0 Å². The Kier molecular flexibility index (Phi) is 1.46. The highest BCUT2D eigenvalue weighted by Gasteiger charge is 2.04. The van der Waals surface area contributed by atoms with E-state index in [0.717, 1.165) is 6.42 Å². The van der Waals surface area contributed by atoms with Crippen LogP contribution in [0.5, 0.6) is 0 Å². The summed E-state index contributed by atoms with van der Waals surface area (Å²) in [5.41, 5.74) is 2.58. The van der Waals surface area contributed by atoms with Crippen molar-refractivity contribution < 1.29 is 0 Å². The molecule has 58 valence electrons. The Labute approximate surface area is 69.5 Å². The number of thiazole rings is 1. The van der Waals surface area contributed by atoms with Crippen molar-refractivity contribution in [1.82, 2.24) is 9.61 Å². The van der Waals surface area contributed by atoms with Gasteiger partial charge in [0.25, 0.3) is 0 Å². The maximum absolute atomic E-state index is 4.28. The summed E-state index contributed by atoms with van der Waals surface area (Å²) >= 11 is 1.77. The first-order valence-electron chi connectivity index (χ1n) is 3.73. The Balaban J connectivity index is 2.77. The number of nitrogens with zero attached hydrogens (tertiary/aromatic N) is 2. The fourth-order valence-electron chi connectivity index (χ4n) is 1.17. The van der Waals surface area contributed by atoms with Gasteiger partial charge in [0.1, 0.15) is 4.83 Å². The van der Waals surface area contributed by atoms with Gasteiger partial charge in [-0.2, -0.15) is 5.10 Å². The van der Waals surface area contributed by atoms with Gasteiger partial charge < -0.3 is 0 Å². The molecule has 11 heavy (non-hydrogen) atoms. The number of hydrogen-bond acceptors (Lipinski definition) is 2. The van der Waals surface area contributed by atoms with E-state index >= 15 is 0 Å². The van der Waals surface area contributed by atoms with Crippen LogP contribution in [0.15, 0.2) is 11.6 Å². The molecule has 0 aromatic carbocycles. The molecular weight excluding hydrogens is 156 g/mol. The standard InChI is InChI=1S/C8H10N2S/c1-3-7-5-11-8-6(2)4-9-10(7)8/h4-5H,3H2,1-2H3. The molecule has 3 heteroatoms. The normalized spacial score (nSPS) is 11.1. The molecule has 0 amide bonds. The molecule has 0 saturated heterocycles. The molecule has 0 N–H and O–H groups in total. The molecule has 0 atom stereocenters.